The zero-order valence-corrected chi connectivity index (χ0v) is 18.4. The standard InChI is InChI=1S/C22H16ClNO4S2/c1-27-16-10-7-14(12-17(16)28-2)24-21(25)19(18-4-3-11-29-18)20(22(24)26)30-15-8-5-13(23)6-9-15/h3-12H,1-2H3. The van der Waals surface area contributed by atoms with Crippen LogP contribution >= 0.6 is 34.7 Å². The van der Waals surface area contributed by atoms with Crippen molar-refractivity contribution in [2.24, 2.45) is 0 Å². The van der Waals surface area contributed by atoms with E-state index in [4.69, 9.17) is 21.1 Å². The van der Waals surface area contributed by atoms with E-state index in [-0.39, 0.29) is 11.8 Å². The summed E-state index contributed by atoms with van der Waals surface area (Å²) in [6.45, 7) is 0. The van der Waals surface area contributed by atoms with Gasteiger partial charge in [0.15, 0.2) is 11.5 Å². The second-order valence-corrected chi connectivity index (χ2v) is 8.69. The number of amides is 2. The number of hydrogen-bond donors (Lipinski definition) is 0. The fourth-order valence-electron chi connectivity index (χ4n) is 3.06. The number of halogens is 1. The molecule has 0 aliphatic carbocycles. The molecule has 152 valence electrons. The van der Waals surface area contributed by atoms with Crippen LogP contribution in [0.15, 0.2) is 69.8 Å². The minimum atomic E-state index is -0.379. The second kappa shape index (κ2) is 8.55. The molecule has 0 radical (unpaired) electrons. The SMILES string of the molecule is COc1ccc(N2C(=O)C(Sc3ccc(Cl)cc3)=C(c3cccs3)C2=O)cc1OC. The first kappa shape index (κ1) is 20.5. The van der Waals surface area contributed by atoms with Gasteiger partial charge in [0.1, 0.15) is 0 Å². The number of imide groups is 1. The van der Waals surface area contributed by atoms with Gasteiger partial charge in [-0.15, -0.1) is 11.3 Å². The van der Waals surface area contributed by atoms with Gasteiger partial charge in [0.05, 0.1) is 30.4 Å². The molecule has 0 unspecified atom stereocenters. The molecule has 1 aliphatic heterocycles. The average Bonchev–Trinajstić information content (AvgIpc) is 3.36. The second-order valence-electron chi connectivity index (χ2n) is 6.22. The summed E-state index contributed by atoms with van der Waals surface area (Å²) < 4.78 is 10.6. The van der Waals surface area contributed by atoms with Crippen LogP contribution in [0.4, 0.5) is 5.69 Å². The van der Waals surface area contributed by atoms with Crippen LogP contribution < -0.4 is 14.4 Å². The summed E-state index contributed by atoms with van der Waals surface area (Å²) >= 11 is 8.65. The molecule has 2 aromatic carbocycles. The molecule has 0 saturated heterocycles. The predicted molar refractivity (Wildman–Crippen MR) is 121 cm³/mol. The van der Waals surface area contributed by atoms with E-state index in [1.165, 1.54) is 42.2 Å². The Morgan fingerprint density at radius 2 is 1.67 bits per heavy atom. The largest absolute Gasteiger partial charge is 0.493 e. The molecule has 8 heteroatoms. The highest BCUT2D eigenvalue weighted by atomic mass is 35.5. The number of rotatable bonds is 6. The minimum Gasteiger partial charge on any atom is -0.493 e. The van der Waals surface area contributed by atoms with Gasteiger partial charge in [-0.3, -0.25) is 9.59 Å². The van der Waals surface area contributed by atoms with Crippen LogP contribution in [0, 0.1) is 0 Å². The van der Waals surface area contributed by atoms with Crippen LogP contribution in [0.3, 0.4) is 0 Å². The van der Waals surface area contributed by atoms with E-state index in [9.17, 15) is 9.59 Å². The molecule has 1 aliphatic rings. The molecule has 0 saturated carbocycles. The number of carbonyl (C=O) groups excluding carboxylic acids is 2. The molecule has 5 nitrogen and oxygen atoms in total. The maximum atomic E-state index is 13.4. The van der Waals surface area contributed by atoms with Gasteiger partial charge in [-0.05, 0) is 47.8 Å². The topological polar surface area (TPSA) is 55.8 Å². The van der Waals surface area contributed by atoms with E-state index in [0.29, 0.717) is 32.7 Å². The van der Waals surface area contributed by atoms with Gasteiger partial charge in [-0.1, -0.05) is 29.4 Å². The quantitative estimate of drug-likeness (QED) is 0.458. The van der Waals surface area contributed by atoms with Crippen LogP contribution in [0.1, 0.15) is 4.88 Å². The Morgan fingerprint density at radius 1 is 0.933 bits per heavy atom. The van der Waals surface area contributed by atoms with Crippen molar-refractivity contribution in [1.29, 1.82) is 0 Å². The molecule has 3 aromatic rings. The summed E-state index contributed by atoms with van der Waals surface area (Å²) in [4.78, 5) is 29.9. The fraction of sp³-hybridized carbons (Fsp3) is 0.0909. The van der Waals surface area contributed by atoms with Gasteiger partial charge in [-0.25, -0.2) is 4.90 Å². The molecule has 0 atom stereocenters. The van der Waals surface area contributed by atoms with E-state index in [1.807, 2.05) is 29.6 Å². The number of ether oxygens (including phenoxy) is 2. The summed E-state index contributed by atoms with van der Waals surface area (Å²) in [5, 5.41) is 2.48. The summed E-state index contributed by atoms with van der Waals surface area (Å²) in [5.74, 6) is 0.205. The Hall–Kier alpha value is -2.74. The van der Waals surface area contributed by atoms with Gasteiger partial charge in [0.2, 0.25) is 0 Å². The Balaban J connectivity index is 1.77. The van der Waals surface area contributed by atoms with E-state index in [1.54, 1.807) is 30.3 Å². The molecular weight excluding hydrogens is 442 g/mol. The van der Waals surface area contributed by atoms with Crippen molar-refractivity contribution in [3.63, 3.8) is 0 Å². The monoisotopic (exact) mass is 457 g/mol. The van der Waals surface area contributed by atoms with E-state index in [2.05, 4.69) is 0 Å². The lowest BCUT2D eigenvalue weighted by molar-refractivity contribution is -0.119. The lowest BCUT2D eigenvalue weighted by Gasteiger charge is -2.17. The highest BCUT2D eigenvalue weighted by molar-refractivity contribution is 8.04. The molecule has 0 N–H and O–H groups in total. The summed E-state index contributed by atoms with van der Waals surface area (Å²) in [6.07, 6.45) is 0. The third kappa shape index (κ3) is 3.71. The molecule has 1 aromatic heterocycles. The van der Waals surface area contributed by atoms with Gasteiger partial charge in [0.25, 0.3) is 11.8 Å². The first-order valence-corrected chi connectivity index (χ1v) is 10.9. The Labute approximate surface area is 186 Å². The number of nitrogens with zero attached hydrogens (tertiary/aromatic N) is 1. The number of anilines is 1. The van der Waals surface area contributed by atoms with Crippen LogP contribution in [0.25, 0.3) is 5.57 Å². The molecule has 0 bridgehead atoms. The Kier molecular flexibility index (Phi) is 5.85. The number of carbonyl (C=O) groups is 2. The van der Waals surface area contributed by atoms with Gasteiger partial charge >= 0.3 is 0 Å². The molecule has 2 amide bonds. The average molecular weight is 458 g/mol. The predicted octanol–water partition coefficient (Wildman–Crippen LogP) is 5.50. The lowest BCUT2D eigenvalue weighted by Crippen LogP contribution is -2.31. The van der Waals surface area contributed by atoms with Crippen molar-refractivity contribution >= 4 is 57.8 Å². The van der Waals surface area contributed by atoms with Crippen molar-refractivity contribution < 1.29 is 19.1 Å². The number of methoxy groups -OCH3 is 2. The molecule has 0 spiro atoms. The highest BCUT2D eigenvalue weighted by Crippen LogP contribution is 2.43. The van der Waals surface area contributed by atoms with E-state index < -0.39 is 0 Å². The smallest absolute Gasteiger partial charge is 0.272 e. The van der Waals surface area contributed by atoms with Crippen molar-refractivity contribution in [1.82, 2.24) is 0 Å². The fourth-order valence-corrected chi connectivity index (χ4v) is 5.01. The van der Waals surface area contributed by atoms with Crippen molar-refractivity contribution in [2.75, 3.05) is 19.1 Å². The third-order valence-electron chi connectivity index (χ3n) is 4.47. The first-order valence-electron chi connectivity index (χ1n) is 8.86. The lowest BCUT2D eigenvalue weighted by atomic mass is 10.2. The molecule has 0 fully saturated rings. The van der Waals surface area contributed by atoms with Gasteiger partial charge < -0.3 is 9.47 Å². The van der Waals surface area contributed by atoms with Crippen LogP contribution in [0.2, 0.25) is 5.02 Å². The van der Waals surface area contributed by atoms with Crippen molar-refractivity contribution in [3.05, 3.63) is 74.8 Å². The maximum absolute atomic E-state index is 13.4. The molecule has 30 heavy (non-hydrogen) atoms. The van der Waals surface area contributed by atoms with Gasteiger partial charge in [0, 0.05) is 20.9 Å². The molecule has 2 heterocycles. The molecular formula is C22H16ClNO4S2. The minimum absolute atomic E-state index is 0.369. The zero-order chi connectivity index (χ0) is 21.3. The van der Waals surface area contributed by atoms with Crippen molar-refractivity contribution in [3.8, 4) is 11.5 Å². The number of thiophene rings is 1. The number of hydrogen-bond acceptors (Lipinski definition) is 6. The first-order chi connectivity index (χ1) is 14.5. The van der Waals surface area contributed by atoms with Crippen molar-refractivity contribution in [2.45, 2.75) is 4.90 Å². The van der Waals surface area contributed by atoms with E-state index in [0.717, 1.165) is 9.77 Å². The zero-order valence-electron chi connectivity index (χ0n) is 16.0. The third-order valence-corrected chi connectivity index (χ3v) is 6.70. The molecule has 4 rings (SSSR count). The number of thioether (sulfide) groups is 1. The maximum Gasteiger partial charge on any atom is 0.272 e. The highest BCUT2D eigenvalue weighted by Gasteiger charge is 2.41. The van der Waals surface area contributed by atoms with E-state index >= 15 is 0 Å². The Morgan fingerprint density at radius 3 is 2.30 bits per heavy atom. The Bertz CT molecular complexity index is 1140. The van der Waals surface area contributed by atoms with Crippen LogP contribution in [-0.2, 0) is 9.59 Å². The number of benzene rings is 2. The van der Waals surface area contributed by atoms with Crippen LogP contribution in [-0.4, -0.2) is 26.0 Å². The summed E-state index contributed by atoms with van der Waals surface area (Å²) in [5.41, 5.74) is 0.813. The van der Waals surface area contributed by atoms with Gasteiger partial charge in [-0.2, -0.15) is 0 Å². The normalized spacial score (nSPS) is 13.9. The van der Waals surface area contributed by atoms with Crippen LogP contribution in [0.5, 0.6) is 11.5 Å². The summed E-state index contributed by atoms with van der Waals surface area (Å²) in [7, 11) is 3.04. The summed E-state index contributed by atoms with van der Waals surface area (Å²) in [6, 6.07) is 15.8.